The topological polar surface area (TPSA) is 46.3 Å². The van der Waals surface area contributed by atoms with Gasteiger partial charge in [0.1, 0.15) is 0 Å². The summed E-state index contributed by atoms with van der Waals surface area (Å²) in [6.45, 7) is 4.57. The number of hydrogen-bond acceptors (Lipinski definition) is 2. The van der Waals surface area contributed by atoms with Crippen molar-refractivity contribution >= 4 is 5.91 Å². The van der Waals surface area contributed by atoms with Gasteiger partial charge in [0, 0.05) is 19.6 Å². The Morgan fingerprint density at radius 3 is 2.47 bits per heavy atom. The second kappa shape index (κ2) is 6.71. The molecule has 1 aromatic rings. The molecule has 104 valence electrons. The number of piperidine rings is 1. The van der Waals surface area contributed by atoms with Crippen LogP contribution in [0.1, 0.15) is 37.3 Å². The van der Waals surface area contributed by atoms with E-state index in [1.54, 1.807) is 0 Å². The molecule has 0 aliphatic carbocycles. The number of hydrogen-bond donors (Lipinski definition) is 1. The average molecular weight is 260 g/mol. The van der Waals surface area contributed by atoms with E-state index in [9.17, 15) is 4.79 Å². The predicted octanol–water partition coefficient (Wildman–Crippen LogP) is 2.34. The molecule has 1 saturated heterocycles. The van der Waals surface area contributed by atoms with Crippen LogP contribution in [0.5, 0.6) is 0 Å². The molecule has 0 unspecified atom stereocenters. The van der Waals surface area contributed by atoms with Crippen LogP contribution in [0.2, 0.25) is 0 Å². The lowest BCUT2D eigenvalue weighted by Crippen LogP contribution is -2.39. The van der Waals surface area contributed by atoms with Crippen molar-refractivity contribution in [2.75, 3.05) is 13.1 Å². The summed E-state index contributed by atoms with van der Waals surface area (Å²) in [6, 6.07) is 7.97. The van der Waals surface area contributed by atoms with Gasteiger partial charge < -0.3 is 10.6 Å². The predicted molar refractivity (Wildman–Crippen MR) is 77.6 cm³/mol. The highest BCUT2D eigenvalue weighted by Gasteiger charge is 2.22. The summed E-state index contributed by atoms with van der Waals surface area (Å²) in [5.41, 5.74) is 7.88. The van der Waals surface area contributed by atoms with E-state index in [1.807, 2.05) is 29.2 Å². The lowest BCUT2D eigenvalue weighted by molar-refractivity contribution is -0.131. The molecule has 1 fully saturated rings. The van der Waals surface area contributed by atoms with Crippen molar-refractivity contribution in [3.05, 3.63) is 35.4 Å². The Morgan fingerprint density at radius 2 is 1.89 bits per heavy atom. The molecule has 3 heteroatoms. The molecule has 2 rings (SSSR count). The zero-order valence-corrected chi connectivity index (χ0v) is 11.8. The third-order valence-electron chi connectivity index (χ3n) is 4.22. The minimum Gasteiger partial charge on any atom is -0.342 e. The van der Waals surface area contributed by atoms with E-state index in [0.717, 1.165) is 43.0 Å². The summed E-state index contributed by atoms with van der Waals surface area (Å²) >= 11 is 0. The SMILES string of the molecule is CCC1CCN(C(=O)Cc2ccccc2CN)CC1. The molecule has 0 aromatic heterocycles. The fourth-order valence-electron chi connectivity index (χ4n) is 2.79. The molecule has 0 atom stereocenters. The quantitative estimate of drug-likeness (QED) is 0.903. The molecule has 2 N–H and O–H groups in total. The average Bonchev–Trinajstić information content (AvgIpc) is 2.48. The van der Waals surface area contributed by atoms with Crippen molar-refractivity contribution in [1.82, 2.24) is 4.90 Å². The molecule has 1 amide bonds. The third kappa shape index (κ3) is 3.57. The van der Waals surface area contributed by atoms with Gasteiger partial charge in [-0.25, -0.2) is 0 Å². The van der Waals surface area contributed by atoms with Gasteiger partial charge in [-0.15, -0.1) is 0 Å². The van der Waals surface area contributed by atoms with Gasteiger partial charge >= 0.3 is 0 Å². The van der Waals surface area contributed by atoms with Crippen molar-refractivity contribution in [3.8, 4) is 0 Å². The van der Waals surface area contributed by atoms with Crippen LogP contribution in [0.25, 0.3) is 0 Å². The molecule has 1 aliphatic heterocycles. The van der Waals surface area contributed by atoms with Gasteiger partial charge in [0.2, 0.25) is 5.91 Å². The van der Waals surface area contributed by atoms with E-state index in [-0.39, 0.29) is 5.91 Å². The fourth-order valence-corrected chi connectivity index (χ4v) is 2.79. The summed E-state index contributed by atoms with van der Waals surface area (Å²) < 4.78 is 0. The number of benzene rings is 1. The standard InChI is InChI=1S/C16H24N2O/c1-2-13-7-9-18(10-8-13)16(19)11-14-5-3-4-6-15(14)12-17/h3-6,13H,2,7-12,17H2,1H3. The van der Waals surface area contributed by atoms with Crippen molar-refractivity contribution in [1.29, 1.82) is 0 Å². The number of rotatable bonds is 4. The number of likely N-dealkylation sites (tertiary alicyclic amines) is 1. The monoisotopic (exact) mass is 260 g/mol. The molecule has 19 heavy (non-hydrogen) atoms. The Kier molecular flexibility index (Phi) is 4.97. The second-order valence-electron chi connectivity index (χ2n) is 5.38. The first-order valence-electron chi connectivity index (χ1n) is 7.29. The molecule has 1 aromatic carbocycles. The second-order valence-corrected chi connectivity index (χ2v) is 5.38. The van der Waals surface area contributed by atoms with Crippen LogP contribution in [-0.4, -0.2) is 23.9 Å². The van der Waals surface area contributed by atoms with Crippen molar-refractivity contribution in [2.45, 2.75) is 39.2 Å². The summed E-state index contributed by atoms with van der Waals surface area (Å²) in [5, 5.41) is 0. The van der Waals surface area contributed by atoms with Gasteiger partial charge in [0.15, 0.2) is 0 Å². The third-order valence-corrected chi connectivity index (χ3v) is 4.22. The van der Waals surface area contributed by atoms with Crippen molar-refractivity contribution in [3.63, 3.8) is 0 Å². The van der Waals surface area contributed by atoms with Gasteiger partial charge in [-0.1, -0.05) is 37.6 Å². The maximum Gasteiger partial charge on any atom is 0.227 e. The van der Waals surface area contributed by atoms with E-state index in [0.29, 0.717) is 13.0 Å². The highest BCUT2D eigenvalue weighted by Crippen LogP contribution is 2.21. The Morgan fingerprint density at radius 1 is 1.26 bits per heavy atom. The van der Waals surface area contributed by atoms with E-state index >= 15 is 0 Å². The minimum absolute atomic E-state index is 0.246. The fraction of sp³-hybridized carbons (Fsp3) is 0.562. The van der Waals surface area contributed by atoms with Crippen LogP contribution in [0.3, 0.4) is 0 Å². The van der Waals surface area contributed by atoms with E-state index in [2.05, 4.69) is 6.92 Å². The highest BCUT2D eigenvalue weighted by molar-refractivity contribution is 5.79. The molecular formula is C16H24N2O. The van der Waals surface area contributed by atoms with E-state index in [4.69, 9.17) is 5.73 Å². The van der Waals surface area contributed by atoms with E-state index in [1.165, 1.54) is 6.42 Å². The molecular weight excluding hydrogens is 236 g/mol. The number of carbonyl (C=O) groups excluding carboxylic acids is 1. The smallest absolute Gasteiger partial charge is 0.227 e. The first-order valence-corrected chi connectivity index (χ1v) is 7.29. The molecule has 0 saturated carbocycles. The lowest BCUT2D eigenvalue weighted by Gasteiger charge is -2.31. The van der Waals surface area contributed by atoms with Crippen LogP contribution in [0.4, 0.5) is 0 Å². The summed E-state index contributed by atoms with van der Waals surface area (Å²) in [4.78, 5) is 14.3. The Balaban J connectivity index is 1.94. The number of amides is 1. The zero-order valence-electron chi connectivity index (χ0n) is 11.8. The molecule has 3 nitrogen and oxygen atoms in total. The molecule has 0 bridgehead atoms. The van der Waals surface area contributed by atoms with Gasteiger partial charge in [0.25, 0.3) is 0 Å². The Labute approximate surface area is 115 Å². The highest BCUT2D eigenvalue weighted by atomic mass is 16.2. The molecule has 1 heterocycles. The van der Waals surface area contributed by atoms with Gasteiger partial charge in [-0.3, -0.25) is 4.79 Å². The van der Waals surface area contributed by atoms with Crippen LogP contribution in [0.15, 0.2) is 24.3 Å². The Hall–Kier alpha value is -1.35. The first kappa shape index (κ1) is 14.1. The van der Waals surface area contributed by atoms with Gasteiger partial charge in [0.05, 0.1) is 6.42 Å². The summed E-state index contributed by atoms with van der Waals surface area (Å²) in [5.74, 6) is 1.05. The van der Waals surface area contributed by atoms with Crippen LogP contribution >= 0.6 is 0 Å². The summed E-state index contributed by atoms with van der Waals surface area (Å²) in [7, 11) is 0. The van der Waals surface area contributed by atoms with Crippen molar-refractivity contribution in [2.24, 2.45) is 11.7 Å². The molecule has 1 aliphatic rings. The summed E-state index contributed by atoms with van der Waals surface area (Å²) in [6.07, 6.45) is 4.03. The van der Waals surface area contributed by atoms with Crippen molar-refractivity contribution < 1.29 is 4.79 Å². The van der Waals surface area contributed by atoms with E-state index < -0.39 is 0 Å². The zero-order chi connectivity index (χ0) is 13.7. The molecule has 0 spiro atoms. The Bertz CT molecular complexity index is 423. The minimum atomic E-state index is 0.246. The first-order chi connectivity index (χ1) is 9.24. The number of nitrogens with zero attached hydrogens (tertiary/aromatic N) is 1. The van der Waals surface area contributed by atoms with Crippen LogP contribution in [0, 0.1) is 5.92 Å². The largest absolute Gasteiger partial charge is 0.342 e. The normalized spacial score (nSPS) is 16.6. The number of nitrogens with two attached hydrogens (primary N) is 1. The van der Waals surface area contributed by atoms with Gasteiger partial charge in [-0.2, -0.15) is 0 Å². The van der Waals surface area contributed by atoms with Crippen LogP contribution in [-0.2, 0) is 17.8 Å². The maximum atomic E-state index is 12.3. The lowest BCUT2D eigenvalue weighted by atomic mass is 9.94. The van der Waals surface area contributed by atoms with Gasteiger partial charge in [-0.05, 0) is 29.9 Å². The number of carbonyl (C=O) groups is 1. The van der Waals surface area contributed by atoms with Crippen LogP contribution < -0.4 is 5.73 Å². The molecule has 0 radical (unpaired) electrons. The maximum absolute atomic E-state index is 12.3.